The number of anilines is 4. The molecule has 0 radical (unpaired) electrons. The Morgan fingerprint density at radius 3 is 2.60 bits per heavy atom. The molecule has 2 N–H and O–H groups in total. The fraction of sp³-hybridized carbons (Fsp3) is 0.296. The highest BCUT2D eigenvalue weighted by Gasteiger charge is 2.32. The largest absolute Gasteiger partial charge is 0.493 e. The second-order valence-corrected chi connectivity index (χ2v) is 9.13. The topological polar surface area (TPSA) is 84.4 Å². The van der Waals surface area contributed by atoms with E-state index >= 15 is 0 Å². The first-order valence-corrected chi connectivity index (χ1v) is 11.7. The van der Waals surface area contributed by atoms with Crippen LogP contribution < -0.4 is 20.1 Å². The Bertz CT molecular complexity index is 1350. The van der Waals surface area contributed by atoms with Gasteiger partial charge in [-0.25, -0.2) is 4.98 Å². The number of fused-ring (bicyclic) bond motifs is 1. The van der Waals surface area contributed by atoms with Crippen molar-refractivity contribution in [1.29, 1.82) is 0 Å². The van der Waals surface area contributed by atoms with Gasteiger partial charge in [0.15, 0.2) is 11.5 Å². The SMILES string of the molecule is COc1cc(Nc2nccc(Nc3cnc4ccc(C)cc4c3)n2)ccc1OC1CC(N(C)C)C1.[HH].[HH]. The summed E-state index contributed by atoms with van der Waals surface area (Å²) in [4.78, 5) is 15.7. The van der Waals surface area contributed by atoms with Crippen LogP contribution in [0.2, 0.25) is 0 Å². The molecule has 35 heavy (non-hydrogen) atoms. The van der Waals surface area contributed by atoms with Crippen molar-refractivity contribution in [1.82, 2.24) is 19.9 Å². The number of aryl methyl sites for hydroxylation is 1. The molecule has 184 valence electrons. The highest BCUT2D eigenvalue weighted by Crippen LogP contribution is 2.36. The number of methoxy groups -OCH3 is 1. The highest BCUT2D eigenvalue weighted by molar-refractivity contribution is 5.83. The lowest BCUT2D eigenvalue weighted by atomic mass is 9.88. The number of ether oxygens (including phenoxy) is 2. The van der Waals surface area contributed by atoms with E-state index in [-0.39, 0.29) is 8.96 Å². The zero-order valence-electron chi connectivity index (χ0n) is 20.4. The van der Waals surface area contributed by atoms with Crippen LogP contribution in [0.4, 0.5) is 23.1 Å². The molecule has 2 aromatic heterocycles. The van der Waals surface area contributed by atoms with Crippen LogP contribution in [0, 0.1) is 6.92 Å². The molecule has 1 aliphatic carbocycles. The second kappa shape index (κ2) is 9.76. The van der Waals surface area contributed by atoms with Gasteiger partial charge in [-0.05, 0) is 70.3 Å². The zero-order chi connectivity index (χ0) is 24.4. The molecule has 2 heterocycles. The lowest BCUT2D eigenvalue weighted by Gasteiger charge is -2.39. The maximum Gasteiger partial charge on any atom is 0.229 e. The molecule has 1 fully saturated rings. The number of hydrogen-bond donors (Lipinski definition) is 2. The fourth-order valence-electron chi connectivity index (χ4n) is 4.16. The van der Waals surface area contributed by atoms with E-state index in [0.29, 0.717) is 23.6 Å². The van der Waals surface area contributed by atoms with Crippen molar-refractivity contribution in [2.45, 2.75) is 31.9 Å². The molecule has 1 aliphatic rings. The van der Waals surface area contributed by atoms with E-state index in [1.54, 1.807) is 19.5 Å². The zero-order valence-corrected chi connectivity index (χ0v) is 20.4. The smallest absolute Gasteiger partial charge is 0.229 e. The van der Waals surface area contributed by atoms with Crippen LogP contribution in [0.3, 0.4) is 0 Å². The number of nitrogens with zero attached hydrogens (tertiary/aromatic N) is 4. The van der Waals surface area contributed by atoms with Gasteiger partial charge < -0.3 is 25.0 Å². The van der Waals surface area contributed by atoms with Crippen LogP contribution >= 0.6 is 0 Å². The van der Waals surface area contributed by atoms with Gasteiger partial charge >= 0.3 is 0 Å². The van der Waals surface area contributed by atoms with Gasteiger partial charge in [-0.1, -0.05) is 11.6 Å². The molecule has 1 saturated carbocycles. The van der Waals surface area contributed by atoms with E-state index < -0.39 is 0 Å². The maximum atomic E-state index is 6.15. The van der Waals surface area contributed by atoms with Crippen molar-refractivity contribution in [2.24, 2.45) is 0 Å². The molecular formula is C27H34N6O2. The number of pyridine rings is 1. The van der Waals surface area contributed by atoms with E-state index in [0.717, 1.165) is 40.9 Å². The molecule has 8 nitrogen and oxygen atoms in total. The fourth-order valence-corrected chi connectivity index (χ4v) is 4.16. The lowest BCUT2D eigenvalue weighted by Crippen LogP contribution is -2.46. The van der Waals surface area contributed by atoms with Gasteiger partial charge in [0.1, 0.15) is 11.9 Å². The number of hydrogen-bond acceptors (Lipinski definition) is 8. The van der Waals surface area contributed by atoms with Gasteiger partial charge in [0.05, 0.1) is 24.5 Å². The van der Waals surface area contributed by atoms with Crippen LogP contribution in [0.25, 0.3) is 10.9 Å². The van der Waals surface area contributed by atoms with Crippen molar-refractivity contribution in [3.05, 3.63) is 66.5 Å². The Morgan fingerprint density at radius 2 is 1.80 bits per heavy atom. The summed E-state index contributed by atoms with van der Waals surface area (Å²) in [5.41, 5.74) is 3.84. The lowest BCUT2D eigenvalue weighted by molar-refractivity contribution is 0.0383. The summed E-state index contributed by atoms with van der Waals surface area (Å²) in [5, 5.41) is 7.65. The minimum absolute atomic E-state index is 0. The van der Waals surface area contributed by atoms with Crippen molar-refractivity contribution >= 4 is 34.0 Å². The third-order valence-electron chi connectivity index (χ3n) is 6.28. The molecule has 0 unspecified atom stereocenters. The standard InChI is InChI=1S/C27H30N6O2.2H2/c1-17-5-7-23-18(11-17)12-20(16-29-23)30-26-9-10-28-27(32-26)31-19-6-8-24(25(13-19)34-4)35-22-14-21(15-22)33(2)3;;/h5-13,16,21-22H,14-15H2,1-4H3,(H2,28,30,31,32);2*1H. The van der Waals surface area contributed by atoms with Crippen LogP contribution in [-0.4, -0.2) is 53.2 Å². The molecule has 2 aromatic carbocycles. The van der Waals surface area contributed by atoms with E-state index in [1.165, 1.54) is 5.56 Å². The summed E-state index contributed by atoms with van der Waals surface area (Å²) >= 11 is 0. The first-order valence-electron chi connectivity index (χ1n) is 11.7. The molecular weight excluding hydrogens is 440 g/mol. The molecule has 0 spiro atoms. The van der Waals surface area contributed by atoms with Crippen molar-refractivity contribution < 1.29 is 12.3 Å². The predicted octanol–water partition coefficient (Wildman–Crippen LogP) is 5.79. The summed E-state index contributed by atoms with van der Waals surface area (Å²) in [6, 6.07) is 16.4. The molecule has 5 rings (SSSR count). The third-order valence-corrected chi connectivity index (χ3v) is 6.28. The number of benzene rings is 2. The van der Waals surface area contributed by atoms with Gasteiger partial charge in [0.2, 0.25) is 5.95 Å². The van der Waals surface area contributed by atoms with E-state index in [1.807, 2.05) is 30.3 Å². The molecule has 4 aromatic rings. The van der Waals surface area contributed by atoms with Crippen LogP contribution in [0.1, 0.15) is 21.3 Å². The number of rotatable bonds is 8. The van der Waals surface area contributed by atoms with E-state index in [9.17, 15) is 0 Å². The molecule has 8 heteroatoms. The summed E-state index contributed by atoms with van der Waals surface area (Å²) < 4.78 is 11.7. The summed E-state index contributed by atoms with van der Waals surface area (Å²) in [7, 11) is 5.86. The Kier molecular flexibility index (Phi) is 6.37. The van der Waals surface area contributed by atoms with Gasteiger partial charge in [0, 0.05) is 32.2 Å². The summed E-state index contributed by atoms with van der Waals surface area (Å²) in [6.07, 6.45) is 5.78. The Hall–Kier alpha value is -3.91. The van der Waals surface area contributed by atoms with Crippen LogP contribution in [0.5, 0.6) is 11.5 Å². The van der Waals surface area contributed by atoms with Crippen molar-refractivity contribution in [2.75, 3.05) is 31.8 Å². The monoisotopic (exact) mass is 474 g/mol. The second-order valence-electron chi connectivity index (χ2n) is 9.13. The minimum atomic E-state index is 0. The molecule has 0 amide bonds. The Balaban J connectivity index is 0.00000190. The van der Waals surface area contributed by atoms with Crippen LogP contribution in [0.15, 0.2) is 60.9 Å². The predicted molar refractivity (Wildman–Crippen MR) is 143 cm³/mol. The quantitative estimate of drug-likeness (QED) is 0.332. The van der Waals surface area contributed by atoms with Gasteiger partial charge in [-0.3, -0.25) is 4.98 Å². The number of nitrogens with one attached hydrogen (secondary N) is 2. The maximum absolute atomic E-state index is 6.15. The Labute approximate surface area is 208 Å². The van der Waals surface area contributed by atoms with E-state index in [4.69, 9.17) is 9.47 Å². The minimum Gasteiger partial charge on any atom is -0.493 e. The molecule has 0 saturated heterocycles. The normalized spacial score (nSPS) is 17.2. The average Bonchev–Trinajstić information content (AvgIpc) is 2.81. The first-order chi connectivity index (χ1) is 17.0. The van der Waals surface area contributed by atoms with Gasteiger partial charge in [-0.2, -0.15) is 4.98 Å². The summed E-state index contributed by atoms with van der Waals surface area (Å²) in [5.74, 6) is 2.57. The Morgan fingerprint density at radius 1 is 0.943 bits per heavy atom. The van der Waals surface area contributed by atoms with Crippen molar-refractivity contribution in [3.8, 4) is 11.5 Å². The van der Waals surface area contributed by atoms with E-state index in [2.05, 4.69) is 69.7 Å². The van der Waals surface area contributed by atoms with Gasteiger partial charge in [0.25, 0.3) is 0 Å². The summed E-state index contributed by atoms with van der Waals surface area (Å²) in [6.45, 7) is 2.07. The first kappa shape index (κ1) is 22.9. The molecule has 0 bridgehead atoms. The van der Waals surface area contributed by atoms with Crippen molar-refractivity contribution in [3.63, 3.8) is 0 Å². The highest BCUT2D eigenvalue weighted by atomic mass is 16.5. The number of aromatic nitrogens is 3. The third kappa shape index (κ3) is 5.27. The average molecular weight is 475 g/mol. The van der Waals surface area contributed by atoms with Gasteiger partial charge in [-0.15, -0.1) is 0 Å². The molecule has 0 atom stereocenters. The molecule has 0 aliphatic heterocycles. The van der Waals surface area contributed by atoms with Crippen LogP contribution in [-0.2, 0) is 0 Å².